The molecule has 3 aromatic rings. The Hall–Kier alpha value is -3.69. The van der Waals surface area contributed by atoms with Gasteiger partial charge in [-0.05, 0) is 55.5 Å². The van der Waals surface area contributed by atoms with E-state index in [-0.39, 0.29) is 11.8 Å². The summed E-state index contributed by atoms with van der Waals surface area (Å²) in [6.45, 7) is 14.7. The molecule has 0 spiro atoms. The molecular formula is C30H39N6O2P. The zero-order chi connectivity index (χ0) is 28.4. The molecule has 2 aromatic carbocycles. The first-order valence-electron chi connectivity index (χ1n) is 13.3. The van der Waals surface area contributed by atoms with Crippen LogP contribution in [0.1, 0.15) is 51.1 Å². The van der Waals surface area contributed by atoms with Crippen molar-refractivity contribution in [1.82, 2.24) is 19.8 Å². The normalized spacial score (nSPS) is 10.7. The van der Waals surface area contributed by atoms with E-state index in [1.54, 1.807) is 11.8 Å². The molecule has 2 N–H and O–H groups in total. The van der Waals surface area contributed by atoms with Gasteiger partial charge in [-0.15, -0.1) is 9.24 Å². The highest BCUT2D eigenvalue weighted by molar-refractivity contribution is 7.18. The minimum Gasteiger partial charge on any atom is -0.382 e. The molecule has 39 heavy (non-hydrogen) atoms. The number of benzene rings is 2. The van der Waals surface area contributed by atoms with E-state index < -0.39 is 0 Å². The van der Waals surface area contributed by atoms with Gasteiger partial charge in [0.05, 0.1) is 29.0 Å². The lowest BCUT2D eigenvalue weighted by Crippen LogP contribution is -2.36. The lowest BCUT2D eigenvalue weighted by molar-refractivity contribution is -0.130. The Morgan fingerprint density at radius 1 is 1.13 bits per heavy atom. The standard InChI is InChI=1S/C30H39N6O2P/c1-6-14-35(30(38)20-39)15-13-32-25-11-9-23(16-27(25)31-5)7-8-24-10-12-26-28(17-24)34-29(33-26)19-36(22(4)37)18-21(2)3/h9-12,16-17,21,32H,5-6,13-15,18-20,39H2,1-4H3,(H,33,34). The number of fused-ring (bicyclic) bond motifs is 1. The molecule has 206 valence electrons. The van der Waals surface area contributed by atoms with Crippen LogP contribution in [0.15, 0.2) is 41.4 Å². The average Bonchev–Trinajstić information content (AvgIpc) is 3.32. The van der Waals surface area contributed by atoms with Gasteiger partial charge in [0.2, 0.25) is 11.8 Å². The Morgan fingerprint density at radius 3 is 2.49 bits per heavy atom. The number of aromatic nitrogens is 2. The summed E-state index contributed by atoms with van der Waals surface area (Å²) in [5.41, 5.74) is 4.97. The number of carbonyl (C=O) groups is 2. The molecule has 0 aliphatic rings. The fourth-order valence-corrected chi connectivity index (χ4v) is 4.52. The summed E-state index contributed by atoms with van der Waals surface area (Å²) < 4.78 is 0. The lowest BCUT2D eigenvalue weighted by atomic mass is 10.1. The maximum absolute atomic E-state index is 12.1. The molecule has 0 saturated heterocycles. The number of rotatable bonds is 12. The zero-order valence-electron chi connectivity index (χ0n) is 23.4. The second-order valence-corrected chi connectivity index (χ2v) is 10.3. The Labute approximate surface area is 233 Å². The van der Waals surface area contributed by atoms with E-state index in [0.717, 1.165) is 46.6 Å². The molecule has 1 unspecified atom stereocenters. The van der Waals surface area contributed by atoms with Gasteiger partial charge >= 0.3 is 0 Å². The molecule has 0 bridgehead atoms. The van der Waals surface area contributed by atoms with Gasteiger partial charge in [-0.25, -0.2) is 4.98 Å². The Balaban J connectivity index is 1.70. The van der Waals surface area contributed by atoms with E-state index in [0.29, 0.717) is 43.9 Å². The number of hydrogen-bond acceptors (Lipinski definition) is 5. The number of aromatic amines is 1. The molecular weight excluding hydrogens is 507 g/mol. The summed E-state index contributed by atoms with van der Waals surface area (Å²) in [5.74, 6) is 7.73. The molecule has 1 heterocycles. The van der Waals surface area contributed by atoms with Gasteiger partial charge in [0.25, 0.3) is 0 Å². The van der Waals surface area contributed by atoms with Gasteiger partial charge in [-0.2, -0.15) is 0 Å². The Morgan fingerprint density at radius 2 is 1.85 bits per heavy atom. The van der Waals surface area contributed by atoms with Crippen molar-refractivity contribution in [3.05, 3.63) is 53.3 Å². The number of hydrogen-bond donors (Lipinski definition) is 2. The summed E-state index contributed by atoms with van der Waals surface area (Å²) in [7, 11) is 2.49. The number of nitrogens with zero attached hydrogens (tertiary/aromatic N) is 4. The minimum atomic E-state index is 0.0366. The van der Waals surface area contributed by atoms with Crippen LogP contribution in [0.4, 0.5) is 11.4 Å². The average molecular weight is 547 g/mol. The predicted octanol–water partition coefficient (Wildman–Crippen LogP) is 4.82. The van der Waals surface area contributed by atoms with E-state index in [1.165, 1.54) is 0 Å². The fourth-order valence-electron chi connectivity index (χ4n) is 4.26. The van der Waals surface area contributed by atoms with Crippen LogP contribution in [0.5, 0.6) is 0 Å². The van der Waals surface area contributed by atoms with Crippen molar-refractivity contribution < 1.29 is 9.59 Å². The quantitative estimate of drug-likeness (QED) is 0.193. The van der Waals surface area contributed by atoms with Crippen LogP contribution in [-0.2, 0) is 16.1 Å². The number of H-pyrrole nitrogens is 1. The van der Waals surface area contributed by atoms with Crippen LogP contribution in [0.3, 0.4) is 0 Å². The highest BCUT2D eigenvalue weighted by atomic mass is 31.0. The van der Waals surface area contributed by atoms with Gasteiger partial charge in [0.1, 0.15) is 5.82 Å². The fraction of sp³-hybridized carbons (Fsp3) is 0.400. The number of imidazole rings is 1. The second-order valence-electron chi connectivity index (χ2n) is 9.86. The Kier molecular flexibility index (Phi) is 11.1. The molecule has 8 nitrogen and oxygen atoms in total. The molecule has 0 fully saturated rings. The van der Waals surface area contributed by atoms with Crippen LogP contribution >= 0.6 is 9.24 Å². The van der Waals surface area contributed by atoms with Crippen molar-refractivity contribution in [3.63, 3.8) is 0 Å². The number of aliphatic imine (C=N–C) groups is 1. The monoisotopic (exact) mass is 546 g/mol. The summed E-state index contributed by atoms with van der Waals surface area (Å²) >= 11 is 0. The summed E-state index contributed by atoms with van der Waals surface area (Å²) in [6, 6.07) is 11.6. The van der Waals surface area contributed by atoms with Crippen molar-refractivity contribution in [2.45, 2.75) is 40.7 Å². The van der Waals surface area contributed by atoms with Gasteiger partial charge in [0.15, 0.2) is 0 Å². The summed E-state index contributed by atoms with van der Waals surface area (Å²) in [5, 5.41) is 3.37. The summed E-state index contributed by atoms with van der Waals surface area (Å²) in [4.78, 5) is 39.9. The van der Waals surface area contributed by atoms with Crippen molar-refractivity contribution in [2.75, 3.05) is 37.7 Å². The van der Waals surface area contributed by atoms with Crippen molar-refractivity contribution in [1.29, 1.82) is 0 Å². The van der Waals surface area contributed by atoms with E-state index in [4.69, 9.17) is 0 Å². The number of carbonyl (C=O) groups excluding carboxylic acids is 2. The molecule has 0 radical (unpaired) electrons. The minimum absolute atomic E-state index is 0.0366. The van der Waals surface area contributed by atoms with Crippen LogP contribution in [0, 0.1) is 17.8 Å². The van der Waals surface area contributed by atoms with Gasteiger partial charge in [-0.3, -0.25) is 14.6 Å². The Bertz CT molecular complexity index is 1370. The first-order valence-corrected chi connectivity index (χ1v) is 14.1. The smallest absolute Gasteiger partial charge is 0.226 e. The van der Waals surface area contributed by atoms with Crippen molar-refractivity contribution in [2.24, 2.45) is 10.9 Å². The largest absolute Gasteiger partial charge is 0.382 e. The van der Waals surface area contributed by atoms with Crippen LogP contribution in [0.25, 0.3) is 11.0 Å². The first-order chi connectivity index (χ1) is 18.7. The molecule has 1 atom stereocenters. The summed E-state index contributed by atoms with van der Waals surface area (Å²) in [6.07, 6.45) is 1.35. The molecule has 0 aliphatic heterocycles. The molecule has 1 aromatic heterocycles. The highest BCUT2D eigenvalue weighted by Gasteiger charge is 2.14. The maximum atomic E-state index is 12.1. The van der Waals surface area contributed by atoms with E-state index in [2.05, 4.69) is 68.8 Å². The molecule has 9 heteroatoms. The first kappa shape index (κ1) is 29.9. The van der Waals surface area contributed by atoms with Gasteiger partial charge in [-0.1, -0.05) is 32.6 Å². The SMILES string of the molecule is C=Nc1cc(C#Cc2ccc3nc(CN(CC(C)C)C(C)=O)[nH]c3c2)ccc1NCCN(CCC)C(=O)CP. The van der Waals surface area contributed by atoms with E-state index in [1.807, 2.05) is 41.3 Å². The van der Waals surface area contributed by atoms with Crippen LogP contribution in [-0.4, -0.2) is 70.6 Å². The van der Waals surface area contributed by atoms with Gasteiger partial charge < -0.3 is 20.1 Å². The third-order valence-corrected chi connectivity index (χ3v) is 6.49. The molecule has 3 rings (SSSR count). The van der Waals surface area contributed by atoms with Crippen LogP contribution in [0.2, 0.25) is 0 Å². The zero-order valence-corrected chi connectivity index (χ0v) is 24.5. The molecule has 0 saturated carbocycles. The predicted molar refractivity (Wildman–Crippen MR) is 164 cm³/mol. The van der Waals surface area contributed by atoms with E-state index in [9.17, 15) is 9.59 Å². The molecule has 0 aliphatic carbocycles. The second kappa shape index (κ2) is 14.5. The molecule has 2 amide bonds. The number of amides is 2. The highest BCUT2D eigenvalue weighted by Crippen LogP contribution is 2.25. The third-order valence-electron chi connectivity index (χ3n) is 6.14. The van der Waals surface area contributed by atoms with Crippen LogP contribution < -0.4 is 5.32 Å². The third kappa shape index (κ3) is 8.66. The maximum Gasteiger partial charge on any atom is 0.226 e. The van der Waals surface area contributed by atoms with Gasteiger partial charge in [0, 0.05) is 50.4 Å². The van der Waals surface area contributed by atoms with E-state index >= 15 is 0 Å². The lowest BCUT2D eigenvalue weighted by Gasteiger charge is -2.22. The van der Waals surface area contributed by atoms with Crippen molar-refractivity contribution in [3.8, 4) is 11.8 Å². The number of nitrogens with one attached hydrogen (secondary N) is 2. The topological polar surface area (TPSA) is 93.7 Å². The van der Waals surface area contributed by atoms with Crippen molar-refractivity contribution >= 4 is 50.2 Å². The number of anilines is 1.